The number of nitrogens with one attached hydrogen (secondary N) is 1. The van der Waals surface area contributed by atoms with Crippen molar-refractivity contribution in [3.63, 3.8) is 0 Å². The number of para-hydroxylation sites is 1. The van der Waals surface area contributed by atoms with Crippen LogP contribution in [0.3, 0.4) is 0 Å². The van der Waals surface area contributed by atoms with Crippen molar-refractivity contribution in [3.05, 3.63) is 59.2 Å². The molecule has 0 saturated heterocycles. The number of halogens is 1. The van der Waals surface area contributed by atoms with Crippen molar-refractivity contribution in [1.82, 2.24) is 4.98 Å². The molecule has 21 heavy (non-hydrogen) atoms. The molecule has 3 N–H and O–H groups in total. The lowest BCUT2D eigenvalue weighted by molar-refractivity contribution is 1.36. The molecule has 0 amide bonds. The van der Waals surface area contributed by atoms with Crippen LogP contribution in [0, 0.1) is 11.3 Å². The maximum Gasteiger partial charge on any atom is 0.103 e. The van der Waals surface area contributed by atoms with Gasteiger partial charge in [0, 0.05) is 22.3 Å². The van der Waals surface area contributed by atoms with Gasteiger partial charge in [0.05, 0.1) is 22.5 Å². The summed E-state index contributed by atoms with van der Waals surface area (Å²) in [5.74, 6) is 0. The number of fused-ring (bicyclic) bond motifs is 1. The molecule has 0 atom stereocenters. The Labute approximate surface area is 126 Å². The zero-order chi connectivity index (χ0) is 14.8. The SMILES string of the molecule is N#Cc1cnc2c(N)cccc2c1Nc1cccc(Cl)c1. The minimum Gasteiger partial charge on any atom is -0.397 e. The van der Waals surface area contributed by atoms with Gasteiger partial charge in [0.1, 0.15) is 6.07 Å². The number of anilines is 3. The van der Waals surface area contributed by atoms with E-state index in [4.69, 9.17) is 17.3 Å². The summed E-state index contributed by atoms with van der Waals surface area (Å²) in [6.07, 6.45) is 1.52. The lowest BCUT2D eigenvalue weighted by Crippen LogP contribution is -1.98. The van der Waals surface area contributed by atoms with Crippen LogP contribution in [0.2, 0.25) is 5.02 Å². The Morgan fingerprint density at radius 2 is 2.00 bits per heavy atom. The third-order valence-corrected chi connectivity index (χ3v) is 3.38. The van der Waals surface area contributed by atoms with Crippen LogP contribution in [0.5, 0.6) is 0 Å². The molecule has 0 aliphatic heterocycles. The maximum atomic E-state index is 9.29. The number of rotatable bonds is 2. The van der Waals surface area contributed by atoms with Crippen molar-refractivity contribution in [2.45, 2.75) is 0 Å². The molecule has 3 aromatic rings. The molecule has 5 heteroatoms. The summed E-state index contributed by atoms with van der Waals surface area (Å²) in [6.45, 7) is 0. The molecule has 0 radical (unpaired) electrons. The average molecular weight is 295 g/mol. The lowest BCUT2D eigenvalue weighted by atomic mass is 10.1. The highest BCUT2D eigenvalue weighted by atomic mass is 35.5. The number of aromatic nitrogens is 1. The Balaban J connectivity index is 2.20. The van der Waals surface area contributed by atoms with Crippen molar-refractivity contribution < 1.29 is 0 Å². The fourth-order valence-corrected chi connectivity index (χ4v) is 2.37. The molecule has 0 bridgehead atoms. The van der Waals surface area contributed by atoms with E-state index in [2.05, 4.69) is 16.4 Å². The fraction of sp³-hybridized carbons (Fsp3) is 0. The topological polar surface area (TPSA) is 74.7 Å². The monoisotopic (exact) mass is 294 g/mol. The molecule has 3 rings (SSSR count). The Morgan fingerprint density at radius 1 is 1.19 bits per heavy atom. The van der Waals surface area contributed by atoms with E-state index >= 15 is 0 Å². The number of nitrogen functional groups attached to an aromatic ring is 1. The van der Waals surface area contributed by atoms with Gasteiger partial charge in [-0.15, -0.1) is 0 Å². The summed E-state index contributed by atoms with van der Waals surface area (Å²) in [4.78, 5) is 4.26. The molecule has 0 spiro atoms. The van der Waals surface area contributed by atoms with Gasteiger partial charge in [-0.1, -0.05) is 29.8 Å². The van der Waals surface area contributed by atoms with Crippen LogP contribution in [-0.2, 0) is 0 Å². The van der Waals surface area contributed by atoms with Crippen LogP contribution in [0.4, 0.5) is 17.1 Å². The summed E-state index contributed by atoms with van der Waals surface area (Å²) in [5, 5.41) is 13.9. The molecule has 0 aliphatic carbocycles. The van der Waals surface area contributed by atoms with Gasteiger partial charge in [0.15, 0.2) is 0 Å². The van der Waals surface area contributed by atoms with Gasteiger partial charge in [-0.05, 0) is 24.3 Å². The Bertz CT molecular complexity index is 868. The maximum absolute atomic E-state index is 9.29. The Hall–Kier alpha value is -2.77. The van der Waals surface area contributed by atoms with Crippen LogP contribution < -0.4 is 11.1 Å². The second-order valence-corrected chi connectivity index (χ2v) is 4.97. The highest BCUT2D eigenvalue weighted by molar-refractivity contribution is 6.30. The molecular formula is C16H11ClN4. The van der Waals surface area contributed by atoms with Gasteiger partial charge in [0.2, 0.25) is 0 Å². The zero-order valence-corrected chi connectivity index (χ0v) is 11.7. The number of hydrogen-bond acceptors (Lipinski definition) is 4. The number of nitrogens with two attached hydrogens (primary N) is 1. The predicted molar refractivity (Wildman–Crippen MR) is 85.6 cm³/mol. The molecular weight excluding hydrogens is 284 g/mol. The second-order valence-electron chi connectivity index (χ2n) is 4.54. The third kappa shape index (κ3) is 2.47. The lowest BCUT2D eigenvalue weighted by Gasteiger charge is -2.12. The van der Waals surface area contributed by atoms with Crippen LogP contribution in [0.15, 0.2) is 48.7 Å². The molecule has 1 heterocycles. The molecule has 0 aliphatic rings. The first kappa shape index (κ1) is 13.2. The van der Waals surface area contributed by atoms with E-state index in [9.17, 15) is 5.26 Å². The standard InChI is InChI=1S/C16H11ClN4/c17-11-3-1-4-12(7-11)21-15-10(8-18)9-20-16-13(15)5-2-6-14(16)19/h1-7,9H,19H2,(H,20,21). The number of hydrogen-bond donors (Lipinski definition) is 2. The van der Waals surface area contributed by atoms with E-state index in [0.717, 1.165) is 11.1 Å². The highest BCUT2D eigenvalue weighted by Crippen LogP contribution is 2.31. The second kappa shape index (κ2) is 5.31. The molecule has 0 fully saturated rings. The Kier molecular flexibility index (Phi) is 3.35. The van der Waals surface area contributed by atoms with Crippen molar-refractivity contribution in [1.29, 1.82) is 5.26 Å². The molecule has 1 aromatic heterocycles. The van der Waals surface area contributed by atoms with E-state index in [1.165, 1.54) is 6.20 Å². The summed E-state index contributed by atoms with van der Waals surface area (Å²) in [6, 6.07) is 15.0. The molecule has 0 saturated carbocycles. The fourth-order valence-electron chi connectivity index (χ4n) is 2.18. The molecule has 4 nitrogen and oxygen atoms in total. The van der Waals surface area contributed by atoms with E-state index in [1.54, 1.807) is 18.2 Å². The van der Waals surface area contributed by atoms with Gasteiger partial charge >= 0.3 is 0 Å². The summed E-state index contributed by atoms with van der Waals surface area (Å²) >= 11 is 5.99. The van der Waals surface area contributed by atoms with Gasteiger partial charge in [0.25, 0.3) is 0 Å². The van der Waals surface area contributed by atoms with E-state index in [1.807, 2.05) is 24.3 Å². The number of pyridine rings is 1. The summed E-state index contributed by atoms with van der Waals surface area (Å²) in [7, 11) is 0. The quantitative estimate of drug-likeness (QED) is 0.698. The van der Waals surface area contributed by atoms with Gasteiger partial charge in [-0.3, -0.25) is 4.98 Å². The Morgan fingerprint density at radius 3 is 2.76 bits per heavy atom. The van der Waals surface area contributed by atoms with Gasteiger partial charge in [-0.25, -0.2) is 0 Å². The first-order valence-corrected chi connectivity index (χ1v) is 6.67. The van der Waals surface area contributed by atoms with E-state index < -0.39 is 0 Å². The van der Waals surface area contributed by atoms with Gasteiger partial charge < -0.3 is 11.1 Å². The van der Waals surface area contributed by atoms with Crippen molar-refractivity contribution >= 4 is 39.6 Å². The average Bonchev–Trinajstić information content (AvgIpc) is 2.48. The largest absolute Gasteiger partial charge is 0.397 e. The van der Waals surface area contributed by atoms with Crippen LogP contribution in [-0.4, -0.2) is 4.98 Å². The van der Waals surface area contributed by atoms with E-state index in [0.29, 0.717) is 27.5 Å². The molecule has 2 aromatic carbocycles. The highest BCUT2D eigenvalue weighted by Gasteiger charge is 2.10. The minimum atomic E-state index is 0.452. The van der Waals surface area contributed by atoms with Crippen molar-refractivity contribution in [2.75, 3.05) is 11.1 Å². The third-order valence-electron chi connectivity index (χ3n) is 3.14. The molecule has 102 valence electrons. The van der Waals surface area contributed by atoms with E-state index in [-0.39, 0.29) is 0 Å². The molecule has 0 unspecified atom stereocenters. The normalized spacial score (nSPS) is 10.3. The number of nitriles is 1. The van der Waals surface area contributed by atoms with Crippen LogP contribution in [0.25, 0.3) is 10.9 Å². The van der Waals surface area contributed by atoms with Crippen molar-refractivity contribution in [3.8, 4) is 6.07 Å². The predicted octanol–water partition coefficient (Wildman–Crippen LogP) is 4.09. The minimum absolute atomic E-state index is 0.452. The zero-order valence-electron chi connectivity index (χ0n) is 11.0. The van der Waals surface area contributed by atoms with Gasteiger partial charge in [-0.2, -0.15) is 5.26 Å². The number of benzene rings is 2. The van der Waals surface area contributed by atoms with Crippen LogP contribution >= 0.6 is 11.6 Å². The van der Waals surface area contributed by atoms with Crippen LogP contribution in [0.1, 0.15) is 5.56 Å². The number of nitrogens with zero attached hydrogens (tertiary/aromatic N) is 2. The summed E-state index contributed by atoms with van der Waals surface area (Å²) < 4.78 is 0. The van der Waals surface area contributed by atoms with Crippen molar-refractivity contribution in [2.24, 2.45) is 0 Å². The summed E-state index contributed by atoms with van der Waals surface area (Å²) in [5.41, 5.74) is 9.11. The smallest absolute Gasteiger partial charge is 0.103 e. The first-order chi connectivity index (χ1) is 10.2. The first-order valence-electron chi connectivity index (χ1n) is 6.29.